The smallest absolute Gasteiger partial charge is 0.142 e. The van der Waals surface area contributed by atoms with Gasteiger partial charge in [-0.1, -0.05) is 18.6 Å². The van der Waals surface area contributed by atoms with Crippen molar-refractivity contribution in [2.75, 3.05) is 11.9 Å². The molecule has 0 amide bonds. The van der Waals surface area contributed by atoms with Gasteiger partial charge in [-0.3, -0.25) is 0 Å². The lowest BCUT2D eigenvalue weighted by molar-refractivity contribution is 0.243. The Morgan fingerprint density at radius 3 is 2.69 bits per heavy atom. The Kier molecular flexibility index (Phi) is 3.70. The van der Waals surface area contributed by atoms with E-state index in [0.717, 1.165) is 23.9 Å². The Balaban J connectivity index is 1.94. The Hall–Kier alpha value is -1.18. The Labute approximate surface area is 98.0 Å². The highest BCUT2D eigenvalue weighted by atomic mass is 16.5. The van der Waals surface area contributed by atoms with E-state index in [1.165, 1.54) is 19.3 Å². The van der Waals surface area contributed by atoms with Crippen LogP contribution in [0.15, 0.2) is 24.3 Å². The van der Waals surface area contributed by atoms with Gasteiger partial charge < -0.3 is 10.1 Å². The van der Waals surface area contributed by atoms with E-state index < -0.39 is 0 Å². The highest BCUT2D eigenvalue weighted by Gasteiger charge is 2.17. The number of hydrogen-bond donors (Lipinski definition) is 1. The van der Waals surface area contributed by atoms with E-state index in [-0.39, 0.29) is 6.10 Å². The standard InChI is InChI=1S/C14H21NO/c1-11(2)16-14-9-4-3-8-13(14)15-10-12-6-5-7-12/h3-4,8-9,11-12,15H,5-7,10H2,1-2H3. The van der Waals surface area contributed by atoms with Crippen molar-refractivity contribution in [2.24, 2.45) is 5.92 Å². The maximum absolute atomic E-state index is 5.77. The van der Waals surface area contributed by atoms with Gasteiger partial charge >= 0.3 is 0 Å². The highest BCUT2D eigenvalue weighted by Crippen LogP contribution is 2.29. The van der Waals surface area contributed by atoms with Gasteiger partial charge in [-0.2, -0.15) is 0 Å². The Morgan fingerprint density at radius 2 is 2.06 bits per heavy atom. The van der Waals surface area contributed by atoms with Crippen LogP contribution in [0, 0.1) is 5.92 Å². The van der Waals surface area contributed by atoms with Crippen LogP contribution in [-0.2, 0) is 0 Å². The summed E-state index contributed by atoms with van der Waals surface area (Å²) in [6.07, 6.45) is 4.38. The van der Waals surface area contributed by atoms with E-state index >= 15 is 0 Å². The molecule has 1 aliphatic rings. The van der Waals surface area contributed by atoms with Gasteiger partial charge in [-0.05, 0) is 44.7 Å². The summed E-state index contributed by atoms with van der Waals surface area (Å²) in [6.45, 7) is 5.20. The van der Waals surface area contributed by atoms with E-state index in [9.17, 15) is 0 Å². The molecule has 0 bridgehead atoms. The van der Waals surface area contributed by atoms with Gasteiger partial charge in [0.2, 0.25) is 0 Å². The van der Waals surface area contributed by atoms with Crippen molar-refractivity contribution in [3.8, 4) is 5.75 Å². The second-order valence-corrected chi connectivity index (χ2v) is 4.84. The summed E-state index contributed by atoms with van der Waals surface area (Å²) in [7, 11) is 0. The van der Waals surface area contributed by atoms with Crippen LogP contribution >= 0.6 is 0 Å². The maximum atomic E-state index is 5.77. The van der Waals surface area contributed by atoms with Gasteiger partial charge in [0.15, 0.2) is 0 Å². The number of ether oxygens (including phenoxy) is 1. The molecule has 1 fully saturated rings. The van der Waals surface area contributed by atoms with Crippen molar-refractivity contribution in [3.05, 3.63) is 24.3 Å². The van der Waals surface area contributed by atoms with E-state index in [2.05, 4.69) is 31.3 Å². The predicted octanol–water partition coefficient (Wildman–Crippen LogP) is 3.69. The molecule has 1 aromatic rings. The molecule has 0 saturated heterocycles. The molecule has 16 heavy (non-hydrogen) atoms. The minimum atomic E-state index is 0.228. The minimum Gasteiger partial charge on any atom is -0.489 e. The number of nitrogens with one attached hydrogen (secondary N) is 1. The third-order valence-corrected chi connectivity index (χ3v) is 3.06. The normalized spacial score (nSPS) is 15.9. The molecule has 2 heteroatoms. The van der Waals surface area contributed by atoms with E-state index in [0.29, 0.717) is 0 Å². The molecular weight excluding hydrogens is 198 g/mol. The third kappa shape index (κ3) is 2.91. The fraction of sp³-hybridized carbons (Fsp3) is 0.571. The first-order valence-electron chi connectivity index (χ1n) is 6.25. The zero-order valence-corrected chi connectivity index (χ0v) is 10.2. The first-order chi connectivity index (χ1) is 7.75. The molecule has 1 aliphatic carbocycles. The average molecular weight is 219 g/mol. The molecule has 0 aliphatic heterocycles. The molecule has 88 valence electrons. The van der Waals surface area contributed by atoms with Crippen molar-refractivity contribution in [3.63, 3.8) is 0 Å². The van der Waals surface area contributed by atoms with Crippen LogP contribution < -0.4 is 10.1 Å². The van der Waals surface area contributed by atoms with Crippen LogP contribution in [0.1, 0.15) is 33.1 Å². The van der Waals surface area contributed by atoms with Crippen molar-refractivity contribution in [1.82, 2.24) is 0 Å². The number of anilines is 1. The van der Waals surface area contributed by atoms with Crippen LogP contribution in [0.5, 0.6) is 5.75 Å². The van der Waals surface area contributed by atoms with Crippen LogP contribution in [0.4, 0.5) is 5.69 Å². The molecule has 2 rings (SSSR count). The lowest BCUT2D eigenvalue weighted by atomic mass is 9.85. The monoisotopic (exact) mass is 219 g/mol. The minimum absolute atomic E-state index is 0.228. The van der Waals surface area contributed by atoms with Gasteiger partial charge in [0, 0.05) is 6.54 Å². The van der Waals surface area contributed by atoms with Crippen LogP contribution in [-0.4, -0.2) is 12.6 Å². The van der Waals surface area contributed by atoms with Crippen molar-refractivity contribution < 1.29 is 4.74 Å². The van der Waals surface area contributed by atoms with Gasteiger partial charge in [-0.25, -0.2) is 0 Å². The second kappa shape index (κ2) is 5.24. The summed E-state index contributed by atoms with van der Waals surface area (Å²) in [5.74, 6) is 1.84. The van der Waals surface area contributed by atoms with Gasteiger partial charge in [0.25, 0.3) is 0 Å². The molecule has 0 heterocycles. The fourth-order valence-corrected chi connectivity index (χ4v) is 1.92. The molecule has 1 N–H and O–H groups in total. The van der Waals surface area contributed by atoms with Gasteiger partial charge in [-0.15, -0.1) is 0 Å². The fourth-order valence-electron chi connectivity index (χ4n) is 1.92. The molecule has 0 unspecified atom stereocenters. The summed E-state index contributed by atoms with van der Waals surface area (Å²) >= 11 is 0. The number of rotatable bonds is 5. The third-order valence-electron chi connectivity index (χ3n) is 3.06. The highest BCUT2D eigenvalue weighted by molar-refractivity contribution is 5.56. The summed E-state index contributed by atoms with van der Waals surface area (Å²) in [5.41, 5.74) is 1.13. The molecule has 0 radical (unpaired) electrons. The molecule has 2 nitrogen and oxygen atoms in total. The lowest BCUT2D eigenvalue weighted by Crippen LogP contribution is -2.21. The zero-order chi connectivity index (χ0) is 11.4. The Morgan fingerprint density at radius 1 is 1.31 bits per heavy atom. The van der Waals surface area contributed by atoms with Crippen molar-refractivity contribution in [1.29, 1.82) is 0 Å². The number of para-hydroxylation sites is 2. The summed E-state index contributed by atoms with van der Waals surface area (Å²) in [4.78, 5) is 0. The quantitative estimate of drug-likeness (QED) is 0.815. The maximum Gasteiger partial charge on any atom is 0.142 e. The van der Waals surface area contributed by atoms with E-state index in [1.54, 1.807) is 0 Å². The average Bonchev–Trinajstić information content (AvgIpc) is 2.17. The predicted molar refractivity (Wildman–Crippen MR) is 68.0 cm³/mol. The molecule has 1 saturated carbocycles. The first-order valence-corrected chi connectivity index (χ1v) is 6.25. The number of hydrogen-bond acceptors (Lipinski definition) is 2. The first kappa shape index (κ1) is 11.3. The SMILES string of the molecule is CC(C)Oc1ccccc1NCC1CCC1. The van der Waals surface area contributed by atoms with E-state index in [4.69, 9.17) is 4.74 Å². The molecule has 1 aromatic carbocycles. The summed E-state index contributed by atoms with van der Waals surface area (Å²) in [5, 5.41) is 3.50. The van der Waals surface area contributed by atoms with Crippen LogP contribution in [0.25, 0.3) is 0 Å². The summed E-state index contributed by atoms with van der Waals surface area (Å²) in [6, 6.07) is 8.20. The number of benzene rings is 1. The Bertz CT molecular complexity index is 331. The topological polar surface area (TPSA) is 21.3 Å². The molecule has 0 atom stereocenters. The van der Waals surface area contributed by atoms with Crippen LogP contribution in [0.3, 0.4) is 0 Å². The zero-order valence-electron chi connectivity index (χ0n) is 10.2. The lowest BCUT2D eigenvalue weighted by Gasteiger charge is -2.26. The van der Waals surface area contributed by atoms with Gasteiger partial charge in [0.05, 0.1) is 11.8 Å². The molecule has 0 aromatic heterocycles. The van der Waals surface area contributed by atoms with Crippen molar-refractivity contribution >= 4 is 5.69 Å². The van der Waals surface area contributed by atoms with E-state index in [1.807, 2.05) is 12.1 Å². The molecule has 0 spiro atoms. The largest absolute Gasteiger partial charge is 0.489 e. The van der Waals surface area contributed by atoms with Crippen LogP contribution in [0.2, 0.25) is 0 Å². The van der Waals surface area contributed by atoms with Crippen molar-refractivity contribution in [2.45, 2.75) is 39.2 Å². The molecular formula is C14H21NO. The summed E-state index contributed by atoms with van der Waals surface area (Å²) < 4.78 is 5.77. The second-order valence-electron chi connectivity index (χ2n) is 4.84. The van der Waals surface area contributed by atoms with Gasteiger partial charge in [0.1, 0.15) is 5.75 Å².